The summed E-state index contributed by atoms with van der Waals surface area (Å²) in [5.74, 6) is -4.25. The van der Waals surface area contributed by atoms with Crippen molar-refractivity contribution >= 4 is 23.8 Å². The number of hydrogen-bond donors (Lipinski definition) is 5. The molecule has 1 aromatic carbocycles. The van der Waals surface area contributed by atoms with Crippen LogP contribution in [0.5, 0.6) is 11.5 Å². The molecule has 2 bridgehead atoms. The van der Waals surface area contributed by atoms with Gasteiger partial charge in [0.15, 0.2) is 35.9 Å². The number of esters is 2. The summed E-state index contributed by atoms with van der Waals surface area (Å²) >= 11 is 0. The summed E-state index contributed by atoms with van der Waals surface area (Å²) in [5.41, 5.74) is -0.461. The molecule has 0 saturated carbocycles. The van der Waals surface area contributed by atoms with Gasteiger partial charge in [-0.05, 0) is 58.0 Å². The lowest BCUT2D eigenvalue weighted by molar-refractivity contribution is -0.181. The van der Waals surface area contributed by atoms with Crippen LogP contribution in [-0.4, -0.2) is 112 Å². The molecule has 1 aromatic rings. The number of nitrogens with one attached hydrogen (secondary N) is 1. The van der Waals surface area contributed by atoms with Crippen molar-refractivity contribution in [2.24, 2.45) is 0 Å². The number of rotatable bonds is 9. The molecule has 8 atom stereocenters. The molecular weight excluding hydrogens is 556 g/mol. The van der Waals surface area contributed by atoms with Gasteiger partial charge >= 0.3 is 17.9 Å². The first-order chi connectivity index (χ1) is 19.8. The first-order valence-electron chi connectivity index (χ1n) is 13.6. The number of carboxylic acids is 1. The van der Waals surface area contributed by atoms with Crippen LogP contribution in [0, 0.1) is 0 Å². The van der Waals surface area contributed by atoms with E-state index in [1.165, 1.54) is 20.1 Å². The van der Waals surface area contributed by atoms with Gasteiger partial charge in [-0.15, -0.1) is 0 Å². The van der Waals surface area contributed by atoms with Crippen molar-refractivity contribution in [1.82, 2.24) is 10.2 Å². The molecule has 42 heavy (non-hydrogen) atoms. The van der Waals surface area contributed by atoms with Gasteiger partial charge in [-0.1, -0.05) is 6.07 Å². The van der Waals surface area contributed by atoms with Crippen LogP contribution >= 0.6 is 0 Å². The summed E-state index contributed by atoms with van der Waals surface area (Å²) in [6.07, 6.45) is -4.62. The van der Waals surface area contributed by atoms with Crippen LogP contribution in [0.15, 0.2) is 24.0 Å². The van der Waals surface area contributed by atoms with Crippen LogP contribution in [-0.2, 0) is 40.5 Å². The third-order valence-corrected chi connectivity index (χ3v) is 8.95. The summed E-state index contributed by atoms with van der Waals surface area (Å²) in [5, 5.41) is 44.0. The topological polar surface area (TPSA) is 201 Å². The maximum Gasteiger partial charge on any atom is 0.343 e. The highest BCUT2D eigenvalue weighted by molar-refractivity contribution is 5.90. The number of aliphatic carboxylic acids is 1. The average Bonchev–Trinajstić information content (AvgIpc) is 3.31. The van der Waals surface area contributed by atoms with Crippen molar-refractivity contribution in [1.29, 1.82) is 0 Å². The van der Waals surface area contributed by atoms with E-state index in [2.05, 4.69) is 10.2 Å². The fourth-order valence-electron chi connectivity index (χ4n) is 6.71. The van der Waals surface area contributed by atoms with Gasteiger partial charge in [-0.2, -0.15) is 0 Å². The van der Waals surface area contributed by atoms with Crippen LogP contribution < -0.4 is 14.8 Å². The SMILES string of the molecule is COc1ccc2c3c1O[C@H]1C(OC(=O)[C@H](O)[C@@H](O)C(=O)OC(C)C(=O)NC(C)C(=O)O)=CC[C@@]4(O)[C@@H](C2)N(C)CC[C@]314. The van der Waals surface area contributed by atoms with Crippen LogP contribution in [0.3, 0.4) is 0 Å². The standard InChI is InChI=1S/C28H34N2O12/c1-12(24(34)35)29-23(33)13(2)40-25(36)19(31)20(32)26(37)41-16-7-8-28(38)17-11-14-5-6-15(39-4)21-18(14)27(28,22(16)42-21)9-10-30(17)3/h5-7,12-13,17,19-20,22,31-32,38H,8-11H2,1-4H3,(H,29,33)(H,34,35)/t12?,13?,17-,19-,20-,22+,27+,28-/m1/s1. The molecule has 14 nitrogen and oxygen atoms in total. The Bertz CT molecular complexity index is 1360. The number of likely N-dealkylation sites (N-methyl/N-ethyl adjacent to an activating group) is 1. The molecule has 14 heteroatoms. The first kappa shape index (κ1) is 29.8. The van der Waals surface area contributed by atoms with Crippen molar-refractivity contribution in [3.05, 3.63) is 35.1 Å². The van der Waals surface area contributed by atoms with E-state index in [0.29, 0.717) is 30.9 Å². The zero-order chi connectivity index (χ0) is 30.7. The third kappa shape index (κ3) is 4.32. The van der Waals surface area contributed by atoms with Gasteiger partial charge in [0.1, 0.15) is 11.8 Å². The van der Waals surface area contributed by atoms with Crippen LogP contribution in [0.2, 0.25) is 0 Å². The van der Waals surface area contributed by atoms with Gasteiger partial charge in [0.25, 0.3) is 5.91 Å². The molecule has 1 fully saturated rings. The fraction of sp³-hybridized carbons (Fsp3) is 0.571. The molecule has 0 aromatic heterocycles. The highest BCUT2D eigenvalue weighted by Crippen LogP contribution is 2.65. The lowest BCUT2D eigenvalue weighted by Gasteiger charge is -2.61. The van der Waals surface area contributed by atoms with E-state index < -0.39 is 65.3 Å². The first-order valence-corrected chi connectivity index (χ1v) is 13.6. The monoisotopic (exact) mass is 590 g/mol. The Morgan fingerprint density at radius 2 is 1.83 bits per heavy atom. The van der Waals surface area contributed by atoms with Gasteiger partial charge in [0.05, 0.1) is 18.1 Å². The molecule has 2 unspecified atom stereocenters. The van der Waals surface area contributed by atoms with Gasteiger partial charge in [0, 0.05) is 18.0 Å². The molecule has 228 valence electrons. The molecule has 4 aliphatic rings. The van der Waals surface area contributed by atoms with Crippen LogP contribution in [0.25, 0.3) is 0 Å². The summed E-state index contributed by atoms with van der Waals surface area (Å²) in [7, 11) is 3.45. The zero-order valence-electron chi connectivity index (χ0n) is 23.5. The van der Waals surface area contributed by atoms with E-state index in [9.17, 15) is 34.5 Å². The number of carbonyl (C=O) groups excluding carboxylic acids is 3. The van der Waals surface area contributed by atoms with E-state index in [0.717, 1.165) is 18.1 Å². The average molecular weight is 591 g/mol. The number of piperidine rings is 1. The Morgan fingerprint density at radius 3 is 2.50 bits per heavy atom. The number of methoxy groups -OCH3 is 1. The molecule has 2 aliphatic carbocycles. The second-order valence-corrected chi connectivity index (χ2v) is 11.2. The molecule has 5 N–H and O–H groups in total. The zero-order valence-corrected chi connectivity index (χ0v) is 23.5. The number of aliphatic hydroxyl groups excluding tert-OH is 2. The number of amides is 1. The summed E-state index contributed by atoms with van der Waals surface area (Å²) in [6, 6.07) is 2.22. The number of hydrogen-bond acceptors (Lipinski definition) is 12. The number of ether oxygens (including phenoxy) is 4. The molecular formula is C28H34N2O12. The van der Waals surface area contributed by atoms with E-state index in [-0.39, 0.29) is 18.2 Å². The van der Waals surface area contributed by atoms with E-state index in [1.807, 2.05) is 13.1 Å². The van der Waals surface area contributed by atoms with E-state index >= 15 is 0 Å². The molecule has 1 amide bonds. The number of nitrogens with zero attached hydrogens (tertiary/aromatic N) is 1. The molecule has 2 aliphatic heterocycles. The number of carbonyl (C=O) groups is 4. The van der Waals surface area contributed by atoms with Gasteiger partial charge in [-0.3, -0.25) is 9.59 Å². The van der Waals surface area contributed by atoms with Crippen LogP contribution in [0.1, 0.15) is 37.8 Å². The van der Waals surface area contributed by atoms with Crippen molar-refractivity contribution in [2.75, 3.05) is 20.7 Å². The highest BCUT2D eigenvalue weighted by atomic mass is 16.6. The number of likely N-dealkylation sites (tertiary alicyclic amines) is 1. The van der Waals surface area contributed by atoms with Gasteiger partial charge in [-0.25, -0.2) is 9.59 Å². The second-order valence-electron chi connectivity index (χ2n) is 11.2. The minimum atomic E-state index is -2.42. The minimum Gasteiger partial charge on any atom is -0.493 e. The number of benzene rings is 1. The fourth-order valence-corrected chi connectivity index (χ4v) is 6.71. The number of aliphatic hydroxyl groups is 3. The smallest absolute Gasteiger partial charge is 0.343 e. The molecule has 0 radical (unpaired) electrons. The molecule has 2 heterocycles. The predicted molar refractivity (Wildman–Crippen MR) is 140 cm³/mol. The Labute approximate surface area is 240 Å². The molecule has 5 rings (SSSR count). The lowest BCUT2D eigenvalue weighted by Crippen LogP contribution is -2.74. The van der Waals surface area contributed by atoms with Gasteiger partial charge in [0.2, 0.25) is 0 Å². The van der Waals surface area contributed by atoms with Crippen molar-refractivity contribution < 1.29 is 58.6 Å². The second kappa shape index (κ2) is 10.5. The Hall–Kier alpha value is -3.72. The summed E-state index contributed by atoms with van der Waals surface area (Å²) < 4.78 is 22.2. The Balaban J connectivity index is 1.34. The molecule has 1 spiro atoms. The Kier molecular flexibility index (Phi) is 7.46. The van der Waals surface area contributed by atoms with Crippen molar-refractivity contribution in [3.63, 3.8) is 0 Å². The summed E-state index contributed by atoms with van der Waals surface area (Å²) in [4.78, 5) is 50.5. The van der Waals surface area contributed by atoms with Crippen LogP contribution in [0.4, 0.5) is 0 Å². The Morgan fingerprint density at radius 1 is 1.14 bits per heavy atom. The van der Waals surface area contributed by atoms with Crippen molar-refractivity contribution in [3.8, 4) is 11.5 Å². The maximum atomic E-state index is 13.0. The van der Waals surface area contributed by atoms with Gasteiger partial charge < -0.3 is 49.6 Å². The summed E-state index contributed by atoms with van der Waals surface area (Å²) in [6.45, 7) is 2.96. The predicted octanol–water partition coefficient (Wildman–Crippen LogP) is -1.24. The third-order valence-electron chi connectivity index (χ3n) is 8.95. The largest absolute Gasteiger partial charge is 0.493 e. The normalized spacial score (nSPS) is 29.9. The van der Waals surface area contributed by atoms with Crippen molar-refractivity contribution in [2.45, 2.75) is 80.6 Å². The van der Waals surface area contributed by atoms with E-state index in [4.69, 9.17) is 24.1 Å². The lowest BCUT2D eigenvalue weighted by atomic mass is 9.50. The highest BCUT2D eigenvalue weighted by Gasteiger charge is 2.72. The van der Waals surface area contributed by atoms with E-state index in [1.54, 1.807) is 6.07 Å². The quantitative estimate of drug-likeness (QED) is 0.214. The maximum absolute atomic E-state index is 13.0. The molecule has 1 saturated heterocycles. The minimum absolute atomic E-state index is 0.00843. The number of carboxylic acid groups (broad SMARTS) is 1.